The van der Waals surface area contributed by atoms with E-state index >= 15 is 0 Å². The lowest BCUT2D eigenvalue weighted by molar-refractivity contribution is 0.268. The molecule has 24 heavy (non-hydrogen) atoms. The molecular formula is C22H29NO. The Balaban J connectivity index is 1.46. The van der Waals surface area contributed by atoms with Crippen LogP contribution in [0.1, 0.15) is 49.7 Å². The van der Waals surface area contributed by atoms with E-state index in [4.69, 9.17) is 4.74 Å². The van der Waals surface area contributed by atoms with Gasteiger partial charge in [-0.1, -0.05) is 55.8 Å². The normalized spacial score (nSPS) is 19.0. The van der Waals surface area contributed by atoms with Crippen LogP contribution in [0.2, 0.25) is 0 Å². The van der Waals surface area contributed by atoms with Gasteiger partial charge in [-0.2, -0.15) is 0 Å². The van der Waals surface area contributed by atoms with Gasteiger partial charge in [-0.05, 0) is 61.4 Å². The molecule has 2 heteroatoms. The van der Waals surface area contributed by atoms with Crippen LogP contribution in [-0.4, -0.2) is 19.2 Å². The summed E-state index contributed by atoms with van der Waals surface area (Å²) in [6.45, 7) is 4.26. The lowest BCUT2D eigenvalue weighted by atomic mass is 9.94. The lowest BCUT2D eigenvalue weighted by Gasteiger charge is -2.23. The standard InChI is InChI=1S/C22H29NO/c1-18(17-19-7-3-2-4-8-19)20-10-12-22(13-11-20)24-16-14-21-9-5-6-15-23-21/h2-4,7-8,10-13,18,21,23H,5-6,9,14-17H2,1H3. The molecule has 1 aliphatic heterocycles. The first-order chi connectivity index (χ1) is 11.8. The fraction of sp³-hybridized carbons (Fsp3) is 0.455. The summed E-state index contributed by atoms with van der Waals surface area (Å²) in [4.78, 5) is 0. The fourth-order valence-electron chi connectivity index (χ4n) is 3.47. The maximum atomic E-state index is 5.92. The molecular weight excluding hydrogens is 294 g/mol. The zero-order valence-electron chi connectivity index (χ0n) is 14.7. The Morgan fingerprint density at radius 3 is 2.54 bits per heavy atom. The van der Waals surface area contributed by atoms with Crippen LogP contribution < -0.4 is 10.1 Å². The third-order valence-electron chi connectivity index (χ3n) is 4.98. The number of hydrogen-bond donors (Lipinski definition) is 1. The highest BCUT2D eigenvalue weighted by molar-refractivity contribution is 5.30. The van der Waals surface area contributed by atoms with Crippen molar-refractivity contribution in [3.63, 3.8) is 0 Å². The highest BCUT2D eigenvalue weighted by atomic mass is 16.5. The van der Waals surface area contributed by atoms with Crippen LogP contribution in [-0.2, 0) is 6.42 Å². The van der Waals surface area contributed by atoms with Crippen molar-refractivity contribution in [2.75, 3.05) is 13.2 Å². The topological polar surface area (TPSA) is 21.3 Å². The van der Waals surface area contributed by atoms with Crippen LogP contribution in [0.25, 0.3) is 0 Å². The molecule has 128 valence electrons. The summed E-state index contributed by atoms with van der Waals surface area (Å²) in [6.07, 6.45) is 6.14. The maximum Gasteiger partial charge on any atom is 0.119 e. The van der Waals surface area contributed by atoms with Gasteiger partial charge in [0.25, 0.3) is 0 Å². The van der Waals surface area contributed by atoms with Crippen molar-refractivity contribution in [3.05, 3.63) is 65.7 Å². The molecule has 1 N–H and O–H groups in total. The first kappa shape index (κ1) is 17.0. The molecule has 2 unspecified atom stereocenters. The van der Waals surface area contributed by atoms with Gasteiger partial charge in [-0.25, -0.2) is 0 Å². The molecule has 0 bridgehead atoms. The SMILES string of the molecule is CC(Cc1ccccc1)c1ccc(OCCC2CCCCN2)cc1. The largest absolute Gasteiger partial charge is 0.494 e. The van der Waals surface area contributed by atoms with E-state index in [2.05, 4.69) is 66.8 Å². The summed E-state index contributed by atoms with van der Waals surface area (Å²) < 4.78 is 5.92. The Hall–Kier alpha value is -1.80. The van der Waals surface area contributed by atoms with E-state index in [9.17, 15) is 0 Å². The Labute approximate surface area is 146 Å². The van der Waals surface area contributed by atoms with Crippen LogP contribution in [0.4, 0.5) is 0 Å². The fourth-order valence-corrected chi connectivity index (χ4v) is 3.47. The zero-order valence-corrected chi connectivity index (χ0v) is 14.7. The van der Waals surface area contributed by atoms with Gasteiger partial charge < -0.3 is 10.1 Å². The van der Waals surface area contributed by atoms with E-state index in [0.717, 1.165) is 25.2 Å². The molecule has 1 saturated heterocycles. The monoisotopic (exact) mass is 323 g/mol. The van der Waals surface area contributed by atoms with Crippen molar-refractivity contribution in [2.24, 2.45) is 0 Å². The summed E-state index contributed by atoms with van der Waals surface area (Å²) in [7, 11) is 0. The molecule has 0 radical (unpaired) electrons. The smallest absolute Gasteiger partial charge is 0.119 e. The second-order valence-corrected chi connectivity index (χ2v) is 6.94. The van der Waals surface area contributed by atoms with Gasteiger partial charge >= 0.3 is 0 Å². The molecule has 2 atom stereocenters. The minimum atomic E-state index is 0.521. The van der Waals surface area contributed by atoms with Gasteiger partial charge in [0, 0.05) is 6.04 Å². The molecule has 2 nitrogen and oxygen atoms in total. The van der Waals surface area contributed by atoms with Gasteiger partial charge in [0.2, 0.25) is 0 Å². The third kappa shape index (κ3) is 5.10. The summed E-state index contributed by atoms with van der Waals surface area (Å²) in [6, 6.07) is 20.0. The number of hydrogen-bond acceptors (Lipinski definition) is 2. The molecule has 1 heterocycles. The maximum absolute atomic E-state index is 5.92. The Morgan fingerprint density at radius 2 is 1.83 bits per heavy atom. The summed E-state index contributed by atoms with van der Waals surface area (Å²) >= 11 is 0. The Morgan fingerprint density at radius 1 is 1.04 bits per heavy atom. The Bertz CT molecular complexity index is 587. The molecule has 0 spiro atoms. The third-order valence-corrected chi connectivity index (χ3v) is 4.98. The van der Waals surface area contributed by atoms with E-state index in [1.54, 1.807) is 0 Å². The van der Waals surface area contributed by atoms with Crippen molar-refractivity contribution in [1.82, 2.24) is 5.32 Å². The van der Waals surface area contributed by atoms with Crippen molar-refractivity contribution < 1.29 is 4.74 Å². The van der Waals surface area contributed by atoms with Crippen LogP contribution in [0.3, 0.4) is 0 Å². The molecule has 1 fully saturated rings. The van der Waals surface area contributed by atoms with E-state index in [0.29, 0.717) is 12.0 Å². The van der Waals surface area contributed by atoms with Crippen molar-refractivity contribution in [2.45, 2.75) is 51.0 Å². The number of ether oxygens (including phenoxy) is 1. The van der Waals surface area contributed by atoms with Gasteiger partial charge in [0.05, 0.1) is 6.61 Å². The van der Waals surface area contributed by atoms with Gasteiger partial charge in [0.1, 0.15) is 5.75 Å². The molecule has 0 aromatic heterocycles. The van der Waals surface area contributed by atoms with E-state index in [1.165, 1.54) is 36.9 Å². The predicted molar refractivity (Wildman–Crippen MR) is 101 cm³/mol. The summed E-state index contributed by atoms with van der Waals surface area (Å²) in [5, 5.41) is 3.57. The minimum Gasteiger partial charge on any atom is -0.494 e. The van der Waals surface area contributed by atoms with Crippen molar-refractivity contribution in [1.29, 1.82) is 0 Å². The quantitative estimate of drug-likeness (QED) is 0.779. The van der Waals surface area contributed by atoms with Crippen molar-refractivity contribution in [3.8, 4) is 5.75 Å². The average Bonchev–Trinajstić information content (AvgIpc) is 2.64. The predicted octanol–water partition coefficient (Wildman–Crippen LogP) is 4.94. The molecule has 0 amide bonds. The van der Waals surface area contributed by atoms with E-state index < -0.39 is 0 Å². The number of nitrogens with one attached hydrogen (secondary N) is 1. The van der Waals surface area contributed by atoms with Gasteiger partial charge in [0.15, 0.2) is 0 Å². The van der Waals surface area contributed by atoms with Crippen LogP contribution >= 0.6 is 0 Å². The summed E-state index contributed by atoms with van der Waals surface area (Å²) in [5.74, 6) is 1.51. The number of benzene rings is 2. The van der Waals surface area contributed by atoms with Gasteiger partial charge in [-0.3, -0.25) is 0 Å². The molecule has 3 rings (SSSR count). The zero-order chi connectivity index (χ0) is 16.6. The van der Waals surface area contributed by atoms with E-state index in [-0.39, 0.29) is 0 Å². The van der Waals surface area contributed by atoms with E-state index in [1.807, 2.05) is 0 Å². The van der Waals surface area contributed by atoms with Crippen molar-refractivity contribution >= 4 is 0 Å². The first-order valence-corrected chi connectivity index (χ1v) is 9.31. The summed E-state index contributed by atoms with van der Waals surface area (Å²) in [5.41, 5.74) is 2.77. The molecule has 1 aliphatic rings. The lowest BCUT2D eigenvalue weighted by Crippen LogP contribution is -2.35. The molecule has 2 aromatic rings. The van der Waals surface area contributed by atoms with Crippen LogP contribution in [0.15, 0.2) is 54.6 Å². The van der Waals surface area contributed by atoms with Crippen LogP contribution in [0, 0.1) is 0 Å². The van der Waals surface area contributed by atoms with Gasteiger partial charge in [-0.15, -0.1) is 0 Å². The molecule has 0 saturated carbocycles. The Kier molecular flexibility index (Phi) is 6.31. The molecule has 2 aromatic carbocycles. The second kappa shape index (κ2) is 8.89. The first-order valence-electron chi connectivity index (χ1n) is 9.31. The highest BCUT2D eigenvalue weighted by Gasteiger charge is 2.12. The average molecular weight is 323 g/mol. The van der Waals surface area contributed by atoms with Crippen LogP contribution in [0.5, 0.6) is 5.75 Å². The number of rotatable bonds is 7. The molecule has 0 aliphatic carbocycles. The highest BCUT2D eigenvalue weighted by Crippen LogP contribution is 2.23. The second-order valence-electron chi connectivity index (χ2n) is 6.94. The minimum absolute atomic E-state index is 0.521. The number of piperidine rings is 1.